The van der Waals surface area contributed by atoms with Gasteiger partial charge in [-0.05, 0) is 25.3 Å². The molecule has 0 saturated heterocycles. The van der Waals surface area contributed by atoms with E-state index in [1.165, 1.54) is 36.7 Å². The Kier molecular flexibility index (Phi) is 5.17. The first kappa shape index (κ1) is 15.0. The van der Waals surface area contributed by atoms with E-state index < -0.39 is 11.1 Å². The molecule has 0 bridgehead atoms. The van der Waals surface area contributed by atoms with Crippen LogP contribution in [0.5, 0.6) is 0 Å². The Balaban J connectivity index is 2.17. The summed E-state index contributed by atoms with van der Waals surface area (Å²) in [5.74, 6) is 0.611. The summed E-state index contributed by atoms with van der Waals surface area (Å²) >= 11 is 0. The first-order valence-corrected chi connectivity index (χ1v) is 7.63. The fourth-order valence-corrected chi connectivity index (χ4v) is 3.12. The summed E-state index contributed by atoms with van der Waals surface area (Å²) in [5, 5.41) is 3.49. The van der Waals surface area contributed by atoms with Crippen LogP contribution in [0.1, 0.15) is 39.0 Å². The highest BCUT2D eigenvalue weighted by Gasteiger charge is 2.23. The van der Waals surface area contributed by atoms with Gasteiger partial charge in [0.1, 0.15) is 0 Å². The molecule has 1 heterocycles. The van der Waals surface area contributed by atoms with E-state index in [1.54, 1.807) is 24.0 Å². The predicted molar refractivity (Wildman–Crippen MR) is 80.0 cm³/mol. The van der Waals surface area contributed by atoms with E-state index in [9.17, 15) is 9.59 Å². The molecule has 5 heteroatoms. The van der Waals surface area contributed by atoms with Crippen LogP contribution in [0.25, 0.3) is 0 Å². The molecule has 1 aliphatic carbocycles. The van der Waals surface area contributed by atoms with Crippen molar-refractivity contribution in [2.24, 2.45) is 13.0 Å². The Morgan fingerprint density at radius 2 is 1.90 bits per heavy atom. The van der Waals surface area contributed by atoms with Gasteiger partial charge in [0.05, 0.1) is 0 Å². The molecule has 112 valence electrons. The molecule has 1 atom stereocenters. The van der Waals surface area contributed by atoms with Crippen LogP contribution in [0, 0.1) is 5.92 Å². The quantitative estimate of drug-likeness (QED) is 0.821. The van der Waals surface area contributed by atoms with Crippen LogP contribution < -0.4 is 16.4 Å². The van der Waals surface area contributed by atoms with Crippen molar-refractivity contribution >= 4 is 0 Å². The van der Waals surface area contributed by atoms with Crippen LogP contribution in [0.2, 0.25) is 0 Å². The predicted octanol–water partition coefficient (Wildman–Crippen LogP) is 1.11. The lowest BCUT2D eigenvalue weighted by Gasteiger charge is -2.31. The number of likely N-dealkylation sites (N-methyl/N-ethyl adjacent to an activating group) is 1. The van der Waals surface area contributed by atoms with Crippen molar-refractivity contribution in [1.29, 1.82) is 0 Å². The summed E-state index contributed by atoms with van der Waals surface area (Å²) in [7, 11) is 1.61. The molecule has 1 saturated carbocycles. The van der Waals surface area contributed by atoms with E-state index in [0.717, 1.165) is 6.54 Å². The third-order valence-electron chi connectivity index (χ3n) is 4.31. The minimum Gasteiger partial charge on any atom is -0.312 e. The van der Waals surface area contributed by atoms with E-state index in [4.69, 9.17) is 0 Å². The minimum absolute atomic E-state index is 0.283. The van der Waals surface area contributed by atoms with E-state index in [-0.39, 0.29) is 6.04 Å². The average molecular weight is 279 g/mol. The lowest BCUT2D eigenvalue weighted by Crippen LogP contribution is -2.46. The Bertz CT molecular complexity index is 541. The highest BCUT2D eigenvalue weighted by Crippen LogP contribution is 2.26. The van der Waals surface area contributed by atoms with Crippen LogP contribution in [0.4, 0.5) is 0 Å². The van der Waals surface area contributed by atoms with Crippen LogP contribution in [-0.4, -0.2) is 21.7 Å². The van der Waals surface area contributed by atoms with Gasteiger partial charge >= 0.3 is 11.1 Å². The lowest BCUT2D eigenvalue weighted by atomic mass is 9.83. The maximum atomic E-state index is 12.0. The number of hydrogen-bond donors (Lipinski definition) is 1. The molecule has 1 aromatic heterocycles. The normalized spacial score (nSPS) is 18.1. The van der Waals surface area contributed by atoms with Crippen LogP contribution >= 0.6 is 0 Å². The van der Waals surface area contributed by atoms with Gasteiger partial charge in [-0.3, -0.25) is 9.59 Å². The molecule has 1 fully saturated rings. The molecule has 0 spiro atoms. The Morgan fingerprint density at radius 1 is 1.20 bits per heavy atom. The van der Waals surface area contributed by atoms with Crippen molar-refractivity contribution in [2.75, 3.05) is 6.54 Å². The van der Waals surface area contributed by atoms with Gasteiger partial charge in [-0.2, -0.15) is 0 Å². The van der Waals surface area contributed by atoms with Gasteiger partial charge in [-0.15, -0.1) is 0 Å². The molecule has 1 unspecified atom stereocenters. The zero-order valence-electron chi connectivity index (χ0n) is 12.5. The third kappa shape index (κ3) is 3.39. The van der Waals surface area contributed by atoms with Crippen molar-refractivity contribution in [3.63, 3.8) is 0 Å². The van der Waals surface area contributed by atoms with Gasteiger partial charge in [-0.25, -0.2) is 0 Å². The van der Waals surface area contributed by atoms with E-state index in [0.29, 0.717) is 12.5 Å². The molecule has 0 aliphatic heterocycles. The third-order valence-corrected chi connectivity index (χ3v) is 4.31. The largest absolute Gasteiger partial charge is 0.316 e. The Labute approximate surface area is 119 Å². The molecule has 0 radical (unpaired) electrons. The number of rotatable bonds is 5. The van der Waals surface area contributed by atoms with Crippen molar-refractivity contribution < 1.29 is 0 Å². The number of hydrogen-bond acceptors (Lipinski definition) is 3. The number of aromatic nitrogens is 2. The number of nitrogens with one attached hydrogen (secondary N) is 1. The van der Waals surface area contributed by atoms with Crippen molar-refractivity contribution in [1.82, 2.24) is 14.5 Å². The van der Waals surface area contributed by atoms with Crippen molar-refractivity contribution in [2.45, 2.75) is 51.6 Å². The second-order valence-corrected chi connectivity index (χ2v) is 5.73. The Morgan fingerprint density at radius 3 is 2.55 bits per heavy atom. The molecule has 0 aromatic carbocycles. The van der Waals surface area contributed by atoms with Gasteiger partial charge in [0.25, 0.3) is 0 Å². The summed E-state index contributed by atoms with van der Waals surface area (Å²) < 4.78 is 2.89. The van der Waals surface area contributed by atoms with E-state index >= 15 is 0 Å². The van der Waals surface area contributed by atoms with Crippen molar-refractivity contribution in [3.8, 4) is 0 Å². The van der Waals surface area contributed by atoms with Crippen LogP contribution in [0.15, 0.2) is 22.0 Å². The summed E-state index contributed by atoms with van der Waals surface area (Å²) in [5.41, 5.74) is -0.875. The summed E-state index contributed by atoms with van der Waals surface area (Å²) in [6.07, 6.45) is 9.69. The molecular formula is C15H25N3O2. The molecule has 0 amide bonds. The van der Waals surface area contributed by atoms with E-state index in [1.807, 2.05) is 0 Å². The van der Waals surface area contributed by atoms with Crippen LogP contribution in [0.3, 0.4) is 0 Å². The lowest BCUT2D eigenvalue weighted by molar-refractivity contribution is 0.248. The van der Waals surface area contributed by atoms with Gasteiger partial charge in [0.15, 0.2) is 0 Å². The van der Waals surface area contributed by atoms with Crippen molar-refractivity contribution in [3.05, 3.63) is 33.1 Å². The molecule has 20 heavy (non-hydrogen) atoms. The number of aryl methyl sites for hydroxylation is 1. The SMILES string of the molecule is CCNC(Cn1ccn(C)c(=O)c1=O)C1CCCCC1. The Hall–Kier alpha value is -1.36. The first-order chi connectivity index (χ1) is 9.63. The minimum atomic E-state index is -0.452. The van der Waals surface area contributed by atoms with Gasteiger partial charge < -0.3 is 14.5 Å². The molecular weight excluding hydrogens is 254 g/mol. The van der Waals surface area contributed by atoms with Crippen LogP contribution in [-0.2, 0) is 13.6 Å². The highest BCUT2D eigenvalue weighted by atomic mass is 16.2. The average Bonchev–Trinajstić information content (AvgIpc) is 2.48. The smallest absolute Gasteiger partial charge is 0.312 e. The maximum absolute atomic E-state index is 12.0. The highest BCUT2D eigenvalue weighted by molar-refractivity contribution is 4.88. The fraction of sp³-hybridized carbons (Fsp3) is 0.733. The summed E-state index contributed by atoms with van der Waals surface area (Å²) in [6, 6.07) is 0.283. The summed E-state index contributed by atoms with van der Waals surface area (Å²) in [6.45, 7) is 3.57. The zero-order chi connectivity index (χ0) is 14.5. The monoisotopic (exact) mass is 279 g/mol. The molecule has 1 N–H and O–H groups in total. The zero-order valence-corrected chi connectivity index (χ0v) is 12.5. The first-order valence-electron chi connectivity index (χ1n) is 7.63. The fourth-order valence-electron chi connectivity index (χ4n) is 3.12. The molecule has 5 nitrogen and oxygen atoms in total. The van der Waals surface area contributed by atoms with E-state index in [2.05, 4.69) is 12.2 Å². The maximum Gasteiger partial charge on any atom is 0.316 e. The molecule has 1 aromatic rings. The molecule has 2 rings (SSSR count). The van der Waals surface area contributed by atoms with Gasteiger partial charge in [0.2, 0.25) is 0 Å². The summed E-state index contributed by atoms with van der Waals surface area (Å²) in [4.78, 5) is 23.7. The standard InChI is InChI=1S/C15H25N3O2/c1-3-16-13(12-7-5-4-6-8-12)11-18-10-9-17(2)14(19)15(18)20/h9-10,12-13,16H,3-8,11H2,1-2H3. The van der Waals surface area contributed by atoms with Gasteiger partial charge in [0, 0.05) is 32.0 Å². The topological polar surface area (TPSA) is 56.0 Å². The second kappa shape index (κ2) is 6.88. The number of nitrogens with zero attached hydrogens (tertiary/aromatic N) is 2. The second-order valence-electron chi connectivity index (χ2n) is 5.73. The molecule has 1 aliphatic rings. The van der Waals surface area contributed by atoms with Gasteiger partial charge in [-0.1, -0.05) is 26.2 Å².